The van der Waals surface area contributed by atoms with Crippen molar-refractivity contribution in [1.82, 2.24) is 9.88 Å². The van der Waals surface area contributed by atoms with Crippen molar-refractivity contribution in [3.8, 4) is 0 Å². The summed E-state index contributed by atoms with van der Waals surface area (Å²) in [4.78, 5) is 18.5. The molecular weight excluding hydrogens is 262 g/mol. The normalized spacial score (nSPS) is 12.6. The average molecular weight is 279 g/mol. The van der Waals surface area contributed by atoms with Gasteiger partial charge in [0.05, 0.1) is 16.5 Å². The fourth-order valence-corrected chi connectivity index (χ4v) is 2.87. The molecule has 2 rings (SSSR count). The van der Waals surface area contributed by atoms with Crippen LogP contribution in [0.15, 0.2) is 18.5 Å². The largest absolute Gasteiger partial charge is 0.397 e. The van der Waals surface area contributed by atoms with Crippen LogP contribution in [0.2, 0.25) is 0 Å². The molecule has 1 atom stereocenters. The molecule has 19 heavy (non-hydrogen) atoms. The van der Waals surface area contributed by atoms with Gasteiger partial charge in [0, 0.05) is 31.4 Å². The van der Waals surface area contributed by atoms with Gasteiger partial charge < -0.3 is 15.7 Å². The number of carbonyl (C=O) groups is 1. The lowest BCUT2D eigenvalue weighted by Crippen LogP contribution is -2.29. The van der Waals surface area contributed by atoms with Crippen LogP contribution >= 0.6 is 11.3 Å². The number of rotatable bonds is 4. The first kappa shape index (κ1) is 13.8. The molecule has 0 aromatic carbocycles. The van der Waals surface area contributed by atoms with E-state index in [1.54, 1.807) is 31.3 Å². The van der Waals surface area contributed by atoms with Crippen LogP contribution in [0.3, 0.4) is 0 Å². The van der Waals surface area contributed by atoms with Gasteiger partial charge in [-0.2, -0.15) is 0 Å². The molecule has 2 aromatic heterocycles. The number of anilines is 1. The summed E-state index contributed by atoms with van der Waals surface area (Å²) in [5, 5.41) is 10.1. The number of aromatic nitrogens is 1. The van der Waals surface area contributed by atoms with Crippen LogP contribution in [0.4, 0.5) is 5.69 Å². The number of hydrogen-bond donors (Lipinski definition) is 2. The summed E-state index contributed by atoms with van der Waals surface area (Å²) in [6.45, 7) is 2.21. The van der Waals surface area contributed by atoms with Crippen molar-refractivity contribution in [2.24, 2.45) is 0 Å². The molecule has 1 unspecified atom stereocenters. The molecule has 0 aliphatic carbocycles. The van der Waals surface area contributed by atoms with Crippen LogP contribution in [0.5, 0.6) is 0 Å². The number of aliphatic hydroxyl groups excluding tert-OH is 1. The van der Waals surface area contributed by atoms with Gasteiger partial charge in [-0.3, -0.25) is 9.78 Å². The standard InChI is InChI=1S/C13H17N3O2S/c1-8(17)4-6-16(2)13(18)12-11(14)9-3-5-15-7-10(9)19-12/h3,5,7-8,17H,4,6,14H2,1-2H3. The van der Waals surface area contributed by atoms with Gasteiger partial charge in [-0.15, -0.1) is 11.3 Å². The Bertz CT molecular complexity index is 595. The summed E-state index contributed by atoms with van der Waals surface area (Å²) in [6.07, 6.45) is 3.51. The molecule has 2 heterocycles. The fraction of sp³-hybridized carbons (Fsp3) is 0.385. The maximum atomic E-state index is 12.3. The number of nitrogens with zero attached hydrogens (tertiary/aromatic N) is 2. The quantitative estimate of drug-likeness (QED) is 0.893. The van der Waals surface area contributed by atoms with Gasteiger partial charge in [0.25, 0.3) is 5.91 Å². The SMILES string of the molecule is CC(O)CCN(C)C(=O)c1sc2cnccc2c1N. The van der Waals surface area contributed by atoms with E-state index in [1.165, 1.54) is 11.3 Å². The molecule has 102 valence electrons. The van der Waals surface area contributed by atoms with Crippen molar-refractivity contribution in [2.45, 2.75) is 19.4 Å². The van der Waals surface area contributed by atoms with E-state index in [0.717, 1.165) is 10.1 Å². The molecule has 0 aliphatic rings. The van der Waals surface area contributed by atoms with Crippen LogP contribution in [-0.2, 0) is 0 Å². The number of carbonyl (C=O) groups excluding carboxylic acids is 1. The summed E-state index contributed by atoms with van der Waals surface area (Å²) in [5.41, 5.74) is 6.53. The van der Waals surface area contributed by atoms with Crippen molar-refractivity contribution >= 4 is 33.0 Å². The predicted octanol–water partition coefficient (Wildman–Crippen LogP) is 1.72. The molecule has 0 saturated heterocycles. The minimum Gasteiger partial charge on any atom is -0.397 e. The van der Waals surface area contributed by atoms with E-state index in [2.05, 4.69) is 4.98 Å². The number of fused-ring (bicyclic) bond motifs is 1. The maximum absolute atomic E-state index is 12.3. The van der Waals surface area contributed by atoms with Gasteiger partial charge in [0.2, 0.25) is 0 Å². The van der Waals surface area contributed by atoms with Crippen molar-refractivity contribution < 1.29 is 9.90 Å². The highest BCUT2D eigenvalue weighted by Crippen LogP contribution is 2.33. The number of thiophene rings is 1. The molecule has 0 fully saturated rings. The lowest BCUT2D eigenvalue weighted by Gasteiger charge is -2.17. The van der Waals surface area contributed by atoms with Crippen LogP contribution in [-0.4, -0.2) is 40.6 Å². The molecule has 6 heteroatoms. The zero-order valence-electron chi connectivity index (χ0n) is 11.0. The van der Waals surface area contributed by atoms with Gasteiger partial charge in [0.1, 0.15) is 4.88 Å². The second kappa shape index (κ2) is 5.54. The number of amides is 1. The molecule has 2 aromatic rings. The van der Waals surface area contributed by atoms with Crippen LogP contribution in [0, 0.1) is 0 Å². The average Bonchev–Trinajstić information content (AvgIpc) is 2.73. The lowest BCUT2D eigenvalue weighted by atomic mass is 10.2. The summed E-state index contributed by atoms with van der Waals surface area (Å²) in [6, 6.07) is 1.81. The Morgan fingerprint density at radius 3 is 3.00 bits per heavy atom. The Labute approximate surface area is 115 Å². The summed E-state index contributed by atoms with van der Waals surface area (Å²) in [7, 11) is 1.72. The third-order valence-electron chi connectivity index (χ3n) is 2.95. The zero-order chi connectivity index (χ0) is 14.0. The highest BCUT2D eigenvalue weighted by Gasteiger charge is 2.19. The Balaban J connectivity index is 2.24. The predicted molar refractivity (Wildman–Crippen MR) is 77.3 cm³/mol. The molecule has 5 nitrogen and oxygen atoms in total. The molecule has 1 amide bonds. The number of nitrogen functional groups attached to an aromatic ring is 1. The number of aliphatic hydroxyl groups is 1. The van der Waals surface area contributed by atoms with E-state index in [-0.39, 0.29) is 5.91 Å². The maximum Gasteiger partial charge on any atom is 0.265 e. The van der Waals surface area contributed by atoms with Crippen LogP contribution in [0.25, 0.3) is 10.1 Å². The fourth-order valence-electron chi connectivity index (χ4n) is 1.79. The first-order chi connectivity index (χ1) is 9.00. The van der Waals surface area contributed by atoms with E-state index in [1.807, 2.05) is 6.07 Å². The molecule has 0 spiro atoms. The first-order valence-electron chi connectivity index (χ1n) is 6.06. The minimum absolute atomic E-state index is 0.112. The first-order valence-corrected chi connectivity index (χ1v) is 6.88. The number of hydrogen-bond acceptors (Lipinski definition) is 5. The smallest absolute Gasteiger partial charge is 0.265 e. The molecule has 3 N–H and O–H groups in total. The number of pyridine rings is 1. The highest BCUT2D eigenvalue weighted by atomic mass is 32.1. The van der Waals surface area contributed by atoms with Gasteiger partial charge in [-0.1, -0.05) is 0 Å². The second-order valence-electron chi connectivity index (χ2n) is 4.58. The van der Waals surface area contributed by atoms with Crippen molar-refractivity contribution in [1.29, 1.82) is 0 Å². The Morgan fingerprint density at radius 1 is 1.63 bits per heavy atom. The van der Waals surface area contributed by atoms with Gasteiger partial charge >= 0.3 is 0 Å². The van der Waals surface area contributed by atoms with Crippen molar-refractivity contribution in [2.75, 3.05) is 19.3 Å². The third kappa shape index (κ3) is 2.85. The molecular formula is C13H17N3O2S. The van der Waals surface area contributed by atoms with Crippen molar-refractivity contribution in [3.05, 3.63) is 23.3 Å². The van der Waals surface area contributed by atoms with Crippen LogP contribution < -0.4 is 5.73 Å². The second-order valence-corrected chi connectivity index (χ2v) is 5.63. The molecule has 0 aliphatic heterocycles. The Hall–Kier alpha value is -1.66. The minimum atomic E-state index is -0.417. The van der Waals surface area contributed by atoms with E-state index in [9.17, 15) is 9.90 Å². The zero-order valence-corrected chi connectivity index (χ0v) is 11.8. The van der Waals surface area contributed by atoms with E-state index in [0.29, 0.717) is 23.5 Å². The van der Waals surface area contributed by atoms with Crippen LogP contribution in [0.1, 0.15) is 23.0 Å². The summed E-state index contributed by atoms with van der Waals surface area (Å²) >= 11 is 1.35. The van der Waals surface area contributed by atoms with Gasteiger partial charge in [-0.05, 0) is 19.4 Å². The topological polar surface area (TPSA) is 79.5 Å². The van der Waals surface area contributed by atoms with E-state index >= 15 is 0 Å². The molecule has 0 radical (unpaired) electrons. The molecule has 0 saturated carbocycles. The Morgan fingerprint density at radius 2 is 2.37 bits per heavy atom. The van der Waals surface area contributed by atoms with E-state index in [4.69, 9.17) is 5.73 Å². The van der Waals surface area contributed by atoms with Gasteiger partial charge in [-0.25, -0.2) is 0 Å². The number of nitrogens with two attached hydrogens (primary N) is 1. The highest BCUT2D eigenvalue weighted by molar-refractivity contribution is 7.21. The lowest BCUT2D eigenvalue weighted by molar-refractivity contribution is 0.0774. The van der Waals surface area contributed by atoms with Crippen molar-refractivity contribution in [3.63, 3.8) is 0 Å². The molecule has 0 bridgehead atoms. The summed E-state index contributed by atoms with van der Waals surface area (Å²) in [5.74, 6) is -0.112. The monoisotopic (exact) mass is 279 g/mol. The Kier molecular flexibility index (Phi) is 4.01. The summed E-state index contributed by atoms with van der Waals surface area (Å²) < 4.78 is 0.910. The van der Waals surface area contributed by atoms with E-state index < -0.39 is 6.10 Å². The third-order valence-corrected chi connectivity index (χ3v) is 4.10. The van der Waals surface area contributed by atoms with Gasteiger partial charge in [0.15, 0.2) is 0 Å².